The molecule has 1 aromatic carbocycles. The fourth-order valence-electron chi connectivity index (χ4n) is 1.36. The van der Waals surface area contributed by atoms with Gasteiger partial charge in [0.15, 0.2) is 0 Å². The van der Waals surface area contributed by atoms with Crippen LogP contribution < -0.4 is 5.73 Å². The molecule has 0 amide bonds. The van der Waals surface area contributed by atoms with Crippen molar-refractivity contribution in [2.75, 3.05) is 0 Å². The van der Waals surface area contributed by atoms with Crippen LogP contribution >= 0.6 is 0 Å². The first-order valence-corrected chi connectivity index (χ1v) is 4.22. The van der Waals surface area contributed by atoms with Crippen molar-refractivity contribution in [1.82, 2.24) is 0 Å². The molecule has 0 radical (unpaired) electrons. The fraction of sp³-hybridized carbons (Fsp3) is 0.400. The van der Waals surface area contributed by atoms with Crippen LogP contribution in [0, 0.1) is 5.82 Å². The van der Waals surface area contributed by atoms with Crippen LogP contribution in [0.15, 0.2) is 24.3 Å². The fourth-order valence-corrected chi connectivity index (χ4v) is 1.36. The summed E-state index contributed by atoms with van der Waals surface area (Å²) in [7, 11) is 0. The molecule has 1 saturated carbocycles. The van der Waals surface area contributed by atoms with E-state index < -0.39 is 0 Å². The highest BCUT2D eigenvalue weighted by molar-refractivity contribution is 5.22. The third-order valence-corrected chi connectivity index (χ3v) is 2.39. The molecular formula is C10H12FN. The van der Waals surface area contributed by atoms with E-state index in [1.165, 1.54) is 6.07 Å². The largest absolute Gasteiger partial charge is 0.325 e. The monoisotopic (exact) mass is 165 g/mol. The van der Waals surface area contributed by atoms with Gasteiger partial charge in [-0.1, -0.05) is 18.2 Å². The van der Waals surface area contributed by atoms with E-state index in [0.717, 1.165) is 18.4 Å². The summed E-state index contributed by atoms with van der Waals surface area (Å²) in [4.78, 5) is 0. The highest BCUT2D eigenvalue weighted by atomic mass is 19.1. The molecule has 0 heterocycles. The quantitative estimate of drug-likeness (QED) is 0.711. The number of hydrogen-bond donors (Lipinski definition) is 1. The van der Waals surface area contributed by atoms with E-state index in [-0.39, 0.29) is 11.4 Å². The van der Waals surface area contributed by atoms with Crippen LogP contribution in [0.25, 0.3) is 0 Å². The zero-order chi connectivity index (χ0) is 8.60. The summed E-state index contributed by atoms with van der Waals surface area (Å²) in [5, 5.41) is 0. The maximum Gasteiger partial charge on any atom is 0.126 e. The first-order chi connectivity index (χ1) is 5.70. The number of halogens is 1. The molecular weight excluding hydrogens is 153 g/mol. The van der Waals surface area contributed by atoms with Crippen LogP contribution in [0.2, 0.25) is 0 Å². The molecule has 0 bridgehead atoms. The molecule has 0 unspecified atom stereocenters. The van der Waals surface area contributed by atoms with E-state index in [1.807, 2.05) is 12.1 Å². The molecule has 0 saturated heterocycles. The van der Waals surface area contributed by atoms with Gasteiger partial charge < -0.3 is 5.73 Å². The highest BCUT2D eigenvalue weighted by Gasteiger charge is 2.38. The van der Waals surface area contributed by atoms with Crippen LogP contribution in [0.5, 0.6) is 0 Å². The predicted octanol–water partition coefficient (Wildman–Crippen LogP) is 1.86. The molecule has 1 fully saturated rings. The smallest absolute Gasteiger partial charge is 0.126 e. The van der Waals surface area contributed by atoms with Crippen LogP contribution in [0.1, 0.15) is 18.4 Å². The van der Waals surface area contributed by atoms with Gasteiger partial charge in [0.05, 0.1) is 0 Å². The average molecular weight is 165 g/mol. The Balaban J connectivity index is 2.17. The molecule has 2 heteroatoms. The van der Waals surface area contributed by atoms with Crippen molar-refractivity contribution in [2.24, 2.45) is 5.73 Å². The zero-order valence-electron chi connectivity index (χ0n) is 6.89. The summed E-state index contributed by atoms with van der Waals surface area (Å²) in [6.45, 7) is 0. The van der Waals surface area contributed by atoms with Gasteiger partial charge in [0.1, 0.15) is 5.82 Å². The molecule has 0 aromatic heterocycles. The van der Waals surface area contributed by atoms with Crippen molar-refractivity contribution in [1.29, 1.82) is 0 Å². The average Bonchev–Trinajstić information content (AvgIpc) is 2.74. The van der Waals surface area contributed by atoms with E-state index in [9.17, 15) is 4.39 Å². The second-order valence-corrected chi connectivity index (χ2v) is 3.63. The lowest BCUT2D eigenvalue weighted by molar-refractivity contribution is 0.582. The lowest BCUT2D eigenvalue weighted by Crippen LogP contribution is -2.24. The Hall–Kier alpha value is -0.890. The summed E-state index contributed by atoms with van der Waals surface area (Å²) in [5.74, 6) is -0.130. The molecule has 1 nitrogen and oxygen atoms in total. The number of hydrogen-bond acceptors (Lipinski definition) is 1. The van der Waals surface area contributed by atoms with Gasteiger partial charge in [0.25, 0.3) is 0 Å². The molecule has 1 aromatic rings. The van der Waals surface area contributed by atoms with E-state index in [4.69, 9.17) is 5.73 Å². The minimum Gasteiger partial charge on any atom is -0.325 e. The Labute approximate surface area is 71.4 Å². The maximum absolute atomic E-state index is 13.1. The molecule has 2 rings (SSSR count). The highest BCUT2D eigenvalue weighted by Crippen LogP contribution is 2.35. The predicted molar refractivity (Wildman–Crippen MR) is 46.3 cm³/mol. The van der Waals surface area contributed by atoms with E-state index >= 15 is 0 Å². The summed E-state index contributed by atoms with van der Waals surface area (Å²) in [6, 6.07) is 6.85. The van der Waals surface area contributed by atoms with Crippen LogP contribution in [0.3, 0.4) is 0 Å². The minimum atomic E-state index is -0.130. The number of rotatable bonds is 2. The van der Waals surface area contributed by atoms with E-state index in [2.05, 4.69) is 0 Å². The number of benzene rings is 1. The lowest BCUT2D eigenvalue weighted by atomic mass is 10.0. The second kappa shape index (κ2) is 2.56. The summed E-state index contributed by atoms with van der Waals surface area (Å²) in [6.07, 6.45) is 2.74. The number of nitrogens with two attached hydrogens (primary N) is 1. The Morgan fingerprint density at radius 2 is 2.00 bits per heavy atom. The molecule has 0 atom stereocenters. The molecule has 1 aliphatic carbocycles. The third-order valence-electron chi connectivity index (χ3n) is 2.39. The van der Waals surface area contributed by atoms with Crippen molar-refractivity contribution in [3.8, 4) is 0 Å². The summed E-state index contributed by atoms with van der Waals surface area (Å²) < 4.78 is 13.1. The van der Waals surface area contributed by atoms with Crippen molar-refractivity contribution in [3.05, 3.63) is 35.6 Å². The van der Waals surface area contributed by atoms with Crippen LogP contribution in [-0.2, 0) is 6.42 Å². The molecule has 0 spiro atoms. The van der Waals surface area contributed by atoms with E-state index in [1.54, 1.807) is 6.07 Å². The normalized spacial score (nSPS) is 19.2. The van der Waals surface area contributed by atoms with Crippen molar-refractivity contribution in [2.45, 2.75) is 24.8 Å². The van der Waals surface area contributed by atoms with Gasteiger partial charge in [-0.2, -0.15) is 0 Å². The minimum absolute atomic E-state index is 0.0950. The maximum atomic E-state index is 13.1. The first kappa shape index (κ1) is 7.74. The standard InChI is InChI=1S/C10H12FN/c11-9-4-2-1-3-8(9)7-10(12)5-6-10/h1-4H,5-7,12H2. The Morgan fingerprint density at radius 1 is 1.33 bits per heavy atom. The second-order valence-electron chi connectivity index (χ2n) is 3.63. The Morgan fingerprint density at radius 3 is 2.58 bits per heavy atom. The van der Waals surface area contributed by atoms with Gasteiger partial charge >= 0.3 is 0 Å². The SMILES string of the molecule is NC1(Cc2ccccc2F)CC1. The van der Waals surface area contributed by atoms with Gasteiger partial charge in [0, 0.05) is 5.54 Å². The summed E-state index contributed by atoms with van der Waals surface area (Å²) >= 11 is 0. The van der Waals surface area contributed by atoms with Crippen molar-refractivity contribution in [3.63, 3.8) is 0 Å². The Bertz CT molecular complexity index is 292. The Kier molecular flexibility index (Phi) is 1.65. The van der Waals surface area contributed by atoms with Crippen LogP contribution in [0.4, 0.5) is 4.39 Å². The van der Waals surface area contributed by atoms with Crippen LogP contribution in [-0.4, -0.2) is 5.54 Å². The lowest BCUT2D eigenvalue weighted by Gasteiger charge is -2.08. The summed E-state index contributed by atoms with van der Waals surface area (Å²) in [5.41, 5.74) is 6.53. The van der Waals surface area contributed by atoms with Gasteiger partial charge in [-0.15, -0.1) is 0 Å². The zero-order valence-corrected chi connectivity index (χ0v) is 6.89. The van der Waals surface area contributed by atoms with Crippen molar-refractivity contribution >= 4 is 0 Å². The van der Waals surface area contributed by atoms with E-state index in [0.29, 0.717) is 6.42 Å². The third kappa shape index (κ3) is 1.48. The van der Waals surface area contributed by atoms with Gasteiger partial charge in [-0.3, -0.25) is 0 Å². The topological polar surface area (TPSA) is 26.0 Å². The van der Waals surface area contributed by atoms with Gasteiger partial charge in [0.2, 0.25) is 0 Å². The van der Waals surface area contributed by atoms with Gasteiger partial charge in [-0.25, -0.2) is 4.39 Å². The van der Waals surface area contributed by atoms with Crippen molar-refractivity contribution < 1.29 is 4.39 Å². The molecule has 64 valence electrons. The first-order valence-electron chi connectivity index (χ1n) is 4.22. The molecule has 2 N–H and O–H groups in total. The molecule has 1 aliphatic rings. The molecule has 12 heavy (non-hydrogen) atoms. The molecule has 0 aliphatic heterocycles. The van der Waals surface area contributed by atoms with Gasteiger partial charge in [-0.05, 0) is 30.9 Å².